The molecule has 17 heavy (non-hydrogen) atoms. The number of halogens is 1. The Labute approximate surface area is 113 Å². The molecule has 0 aliphatic heterocycles. The van der Waals surface area contributed by atoms with Gasteiger partial charge in [-0.25, -0.2) is 8.42 Å². The molecular weight excluding hydrogens is 328 g/mol. The van der Waals surface area contributed by atoms with Gasteiger partial charge in [0.15, 0.2) is 15.6 Å². The van der Waals surface area contributed by atoms with Crippen LogP contribution in [0, 0.1) is 0 Å². The fourth-order valence-corrected chi connectivity index (χ4v) is 4.12. The minimum Gasteiger partial charge on any atom is -0.385 e. The van der Waals surface area contributed by atoms with Gasteiger partial charge >= 0.3 is 0 Å². The molecule has 1 aromatic heterocycles. The van der Waals surface area contributed by atoms with Crippen molar-refractivity contribution < 1.29 is 17.9 Å². The first-order valence-corrected chi connectivity index (χ1v) is 8.41. The number of ether oxygens (including phenoxy) is 1. The van der Waals surface area contributed by atoms with Gasteiger partial charge in [0, 0.05) is 18.2 Å². The molecule has 0 saturated carbocycles. The molecule has 96 valence electrons. The van der Waals surface area contributed by atoms with Crippen LogP contribution in [0.2, 0.25) is 0 Å². The van der Waals surface area contributed by atoms with E-state index < -0.39 is 15.6 Å². The molecule has 0 atom stereocenters. The number of thiophene rings is 1. The summed E-state index contributed by atoms with van der Waals surface area (Å²) in [4.78, 5) is 12.2. The van der Waals surface area contributed by atoms with Crippen LogP contribution in [0.5, 0.6) is 0 Å². The fraction of sp³-hybridized carbons (Fsp3) is 0.500. The first-order valence-electron chi connectivity index (χ1n) is 4.92. The van der Waals surface area contributed by atoms with Crippen molar-refractivity contribution in [1.82, 2.24) is 0 Å². The normalized spacial score (nSPS) is 11.6. The van der Waals surface area contributed by atoms with E-state index in [-0.39, 0.29) is 11.5 Å². The van der Waals surface area contributed by atoms with Gasteiger partial charge in [0.05, 0.1) is 10.6 Å². The molecule has 4 nitrogen and oxygen atoms in total. The maximum Gasteiger partial charge on any atom is 0.188 e. The Kier molecular flexibility index (Phi) is 5.78. The molecule has 0 fully saturated rings. The van der Waals surface area contributed by atoms with Crippen molar-refractivity contribution in [3.8, 4) is 0 Å². The molecule has 0 spiro atoms. The number of hydrogen-bond donors (Lipinski definition) is 0. The number of carbonyl (C=O) groups is 1. The summed E-state index contributed by atoms with van der Waals surface area (Å²) in [6, 6.07) is 1.73. The molecule has 0 N–H and O–H groups in total. The second-order valence-electron chi connectivity index (χ2n) is 3.46. The Morgan fingerprint density at radius 3 is 2.76 bits per heavy atom. The third kappa shape index (κ3) is 4.87. The maximum atomic E-state index is 11.7. The van der Waals surface area contributed by atoms with Crippen LogP contribution in [-0.2, 0) is 14.6 Å². The van der Waals surface area contributed by atoms with Crippen LogP contribution in [0.4, 0.5) is 0 Å². The molecule has 0 bridgehead atoms. The molecule has 1 heterocycles. The first kappa shape index (κ1) is 14.8. The van der Waals surface area contributed by atoms with Crippen LogP contribution in [0.25, 0.3) is 0 Å². The summed E-state index contributed by atoms with van der Waals surface area (Å²) in [6.07, 6.45) is 0.414. The number of rotatable bonds is 7. The molecule has 0 aromatic carbocycles. The summed E-state index contributed by atoms with van der Waals surface area (Å²) in [7, 11) is -1.83. The van der Waals surface area contributed by atoms with E-state index in [1.807, 2.05) is 0 Å². The van der Waals surface area contributed by atoms with Gasteiger partial charge in [0.25, 0.3) is 0 Å². The van der Waals surface area contributed by atoms with Gasteiger partial charge in [-0.05, 0) is 33.8 Å². The lowest BCUT2D eigenvalue weighted by Gasteiger charge is -2.02. The second kappa shape index (κ2) is 6.63. The van der Waals surface area contributed by atoms with Crippen molar-refractivity contribution in [3.63, 3.8) is 0 Å². The van der Waals surface area contributed by atoms with Gasteiger partial charge in [-0.1, -0.05) is 0 Å². The zero-order chi connectivity index (χ0) is 12.9. The standard InChI is InChI=1S/C10H13BrO4S2/c1-15-4-2-6-17(13,14)7-9(12)10-8(11)3-5-16-10/h3,5H,2,4,6-7H2,1H3. The summed E-state index contributed by atoms with van der Waals surface area (Å²) in [6.45, 7) is 0.385. The minimum atomic E-state index is -3.34. The highest BCUT2D eigenvalue weighted by Gasteiger charge is 2.20. The molecule has 0 amide bonds. The zero-order valence-electron chi connectivity index (χ0n) is 9.31. The molecule has 1 aromatic rings. The molecular formula is C10H13BrO4S2. The van der Waals surface area contributed by atoms with E-state index in [2.05, 4.69) is 15.9 Å². The smallest absolute Gasteiger partial charge is 0.188 e. The van der Waals surface area contributed by atoms with Crippen LogP contribution < -0.4 is 0 Å². The highest BCUT2D eigenvalue weighted by atomic mass is 79.9. The first-order chi connectivity index (χ1) is 7.96. The van der Waals surface area contributed by atoms with Crippen molar-refractivity contribution in [2.45, 2.75) is 6.42 Å². The SMILES string of the molecule is COCCCS(=O)(=O)CC(=O)c1sccc1Br. The van der Waals surface area contributed by atoms with E-state index in [0.29, 0.717) is 22.4 Å². The van der Waals surface area contributed by atoms with E-state index in [0.717, 1.165) is 0 Å². The van der Waals surface area contributed by atoms with Crippen LogP contribution in [0.3, 0.4) is 0 Å². The summed E-state index contributed by atoms with van der Waals surface area (Å²) >= 11 is 4.45. The number of Topliss-reactive ketones (excluding diaryl/α,β-unsaturated/α-hetero) is 1. The molecule has 0 unspecified atom stereocenters. The summed E-state index contributed by atoms with van der Waals surface area (Å²) in [5.74, 6) is -0.810. The van der Waals surface area contributed by atoms with Crippen LogP contribution in [-0.4, -0.2) is 39.4 Å². The van der Waals surface area contributed by atoms with E-state index >= 15 is 0 Å². The monoisotopic (exact) mass is 340 g/mol. The fourth-order valence-electron chi connectivity index (χ4n) is 1.25. The molecule has 0 aliphatic rings. The number of sulfone groups is 1. The topological polar surface area (TPSA) is 60.4 Å². The van der Waals surface area contributed by atoms with Gasteiger partial charge in [-0.3, -0.25) is 4.79 Å². The molecule has 0 radical (unpaired) electrons. The van der Waals surface area contributed by atoms with E-state index in [1.54, 1.807) is 11.4 Å². The lowest BCUT2D eigenvalue weighted by Crippen LogP contribution is -2.19. The number of carbonyl (C=O) groups excluding carboxylic acids is 1. The Bertz CT molecular complexity index is 478. The predicted molar refractivity (Wildman–Crippen MR) is 71.5 cm³/mol. The quantitative estimate of drug-likeness (QED) is 0.563. The largest absolute Gasteiger partial charge is 0.385 e. The third-order valence-electron chi connectivity index (χ3n) is 2.03. The van der Waals surface area contributed by atoms with Crippen molar-refractivity contribution in [2.24, 2.45) is 0 Å². The Morgan fingerprint density at radius 2 is 2.24 bits per heavy atom. The molecule has 0 saturated heterocycles. The molecule has 1 rings (SSSR count). The number of hydrogen-bond acceptors (Lipinski definition) is 5. The Hall–Kier alpha value is -0.240. The Morgan fingerprint density at radius 1 is 1.53 bits per heavy atom. The van der Waals surface area contributed by atoms with Gasteiger partial charge in [-0.15, -0.1) is 11.3 Å². The van der Waals surface area contributed by atoms with Crippen molar-refractivity contribution in [3.05, 3.63) is 20.8 Å². The number of methoxy groups -OCH3 is 1. The average molecular weight is 341 g/mol. The Balaban J connectivity index is 2.59. The van der Waals surface area contributed by atoms with Gasteiger partial charge < -0.3 is 4.74 Å². The minimum absolute atomic E-state index is 0.0183. The van der Waals surface area contributed by atoms with Crippen LogP contribution in [0.15, 0.2) is 15.9 Å². The number of ketones is 1. The van der Waals surface area contributed by atoms with Crippen molar-refractivity contribution in [2.75, 3.05) is 25.2 Å². The second-order valence-corrected chi connectivity index (χ2v) is 7.41. The van der Waals surface area contributed by atoms with Crippen molar-refractivity contribution >= 4 is 42.9 Å². The van der Waals surface area contributed by atoms with Crippen LogP contribution in [0.1, 0.15) is 16.1 Å². The van der Waals surface area contributed by atoms with Crippen LogP contribution >= 0.6 is 27.3 Å². The van der Waals surface area contributed by atoms with Gasteiger partial charge in [-0.2, -0.15) is 0 Å². The lowest BCUT2D eigenvalue weighted by molar-refractivity contribution is 0.102. The van der Waals surface area contributed by atoms with Crippen molar-refractivity contribution in [1.29, 1.82) is 0 Å². The maximum absolute atomic E-state index is 11.7. The summed E-state index contributed by atoms with van der Waals surface area (Å²) < 4.78 is 28.7. The van der Waals surface area contributed by atoms with E-state index in [9.17, 15) is 13.2 Å². The van der Waals surface area contributed by atoms with Gasteiger partial charge in [0.2, 0.25) is 0 Å². The third-order valence-corrected chi connectivity index (χ3v) is 5.52. The zero-order valence-corrected chi connectivity index (χ0v) is 12.5. The average Bonchev–Trinajstić information content (AvgIpc) is 2.64. The highest BCUT2D eigenvalue weighted by Crippen LogP contribution is 2.23. The molecule has 7 heteroatoms. The van der Waals surface area contributed by atoms with E-state index in [1.165, 1.54) is 18.4 Å². The predicted octanol–water partition coefficient (Wildman–Crippen LogP) is 2.14. The lowest BCUT2D eigenvalue weighted by atomic mass is 10.3. The van der Waals surface area contributed by atoms with E-state index in [4.69, 9.17) is 4.74 Å². The van der Waals surface area contributed by atoms with Gasteiger partial charge in [0.1, 0.15) is 5.75 Å². The molecule has 0 aliphatic carbocycles. The summed E-state index contributed by atoms with van der Waals surface area (Å²) in [5, 5.41) is 1.74. The highest BCUT2D eigenvalue weighted by molar-refractivity contribution is 9.10. The summed E-state index contributed by atoms with van der Waals surface area (Å²) in [5.41, 5.74) is 0.